The van der Waals surface area contributed by atoms with Gasteiger partial charge in [-0.3, -0.25) is 4.79 Å². The Morgan fingerprint density at radius 3 is 2.78 bits per heavy atom. The highest BCUT2D eigenvalue weighted by molar-refractivity contribution is 7.21. The Balaban J connectivity index is 1.82. The third kappa shape index (κ3) is 3.02. The van der Waals surface area contributed by atoms with E-state index in [4.69, 9.17) is 0 Å². The van der Waals surface area contributed by atoms with Crippen molar-refractivity contribution >= 4 is 38.7 Å². The quantitative estimate of drug-likeness (QED) is 0.747. The summed E-state index contributed by atoms with van der Waals surface area (Å²) < 4.78 is 14.7. The first-order chi connectivity index (χ1) is 10.9. The SMILES string of the molecule is Cc1c(C(=O)NCC(C)(O)c2cccs2)sc2cccc(F)c12. The van der Waals surface area contributed by atoms with E-state index < -0.39 is 5.60 Å². The lowest BCUT2D eigenvalue weighted by Crippen LogP contribution is -2.38. The molecule has 1 atom stereocenters. The molecule has 0 spiro atoms. The van der Waals surface area contributed by atoms with Crippen molar-refractivity contribution in [3.63, 3.8) is 0 Å². The highest BCUT2D eigenvalue weighted by Crippen LogP contribution is 2.32. The molecule has 3 nitrogen and oxygen atoms in total. The molecule has 0 aliphatic heterocycles. The van der Waals surface area contributed by atoms with Crippen LogP contribution < -0.4 is 5.32 Å². The van der Waals surface area contributed by atoms with Crippen LogP contribution >= 0.6 is 22.7 Å². The lowest BCUT2D eigenvalue weighted by Gasteiger charge is -2.22. The first-order valence-electron chi connectivity index (χ1n) is 7.12. The molecule has 6 heteroatoms. The Hall–Kier alpha value is -1.76. The minimum atomic E-state index is -1.13. The largest absolute Gasteiger partial charge is 0.383 e. The lowest BCUT2D eigenvalue weighted by atomic mass is 10.1. The van der Waals surface area contributed by atoms with Gasteiger partial charge < -0.3 is 10.4 Å². The van der Waals surface area contributed by atoms with E-state index >= 15 is 0 Å². The first-order valence-corrected chi connectivity index (χ1v) is 8.82. The predicted octanol–water partition coefficient (Wildman–Crippen LogP) is 4.05. The minimum absolute atomic E-state index is 0.0997. The standard InChI is InChI=1S/C17H16FNO2S2/c1-10-14-11(18)5-3-6-12(14)23-15(10)16(20)19-9-17(2,21)13-7-4-8-22-13/h3-8,21H,9H2,1-2H3,(H,19,20). The molecule has 2 heterocycles. The number of thiophene rings is 2. The molecule has 0 aliphatic carbocycles. The zero-order chi connectivity index (χ0) is 16.6. The number of halogens is 1. The van der Waals surface area contributed by atoms with E-state index in [1.165, 1.54) is 28.7 Å². The Bertz CT molecular complexity index is 853. The molecular formula is C17H16FNO2S2. The molecule has 2 aromatic heterocycles. The van der Waals surface area contributed by atoms with E-state index in [1.807, 2.05) is 17.5 Å². The van der Waals surface area contributed by atoms with Crippen LogP contribution in [0.3, 0.4) is 0 Å². The van der Waals surface area contributed by atoms with Gasteiger partial charge in [-0.2, -0.15) is 0 Å². The number of aliphatic hydroxyl groups is 1. The third-order valence-corrected chi connectivity index (χ3v) is 6.13. The van der Waals surface area contributed by atoms with Crippen molar-refractivity contribution in [3.05, 3.63) is 56.8 Å². The highest BCUT2D eigenvalue weighted by atomic mass is 32.1. The number of carbonyl (C=O) groups excluding carboxylic acids is 1. The molecule has 0 radical (unpaired) electrons. The van der Waals surface area contributed by atoms with E-state index in [0.717, 1.165) is 9.58 Å². The first kappa shape index (κ1) is 16.1. The Morgan fingerprint density at radius 1 is 1.35 bits per heavy atom. The Morgan fingerprint density at radius 2 is 2.13 bits per heavy atom. The van der Waals surface area contributed by atoms with Crippen molar-refractivity contribution in [1.82, 2.24) is 5.32 Å². The van der Waals surface area contributed by atoms with E-state index in [2.05, 4.69) is 5.32 Å². The fourth-order valence-corrected chi connectivity index (χ4v) is 4.40. The average molecular weight is 349 g/mol. The smallest absolute Gasteiger partial charge is 0.261 e. The zero-order valence-electron chi connectivity index (χ0n) is 12.7. The van der Waals surface area contributed by atoms with Crippen molar-refractivity contribution < 1.29 is 14.3 Å². The Labute approximate surface area is 141 Å². The maximum absolute atomic E-state index is 13.9. The molecule has 3 aromatic rings. The number of carbonyl (C=O) groups is 1. The van der Waals surface area contributed by atoms with E-state index in [0.29, 0.717) is 15.8 Å². The molecule has 0 fully saturated rings. The maximum atomic E-state index is 13.9. The van der Waals surface area contributed by atoms with Crippen molar-refractivity contribution in [2.45, 2.75) is 19.4 Å². The minimum Gasteiger partial charge on any atom is -0.383 e. The monoisotopic (exact) mass is 349 g/mol. The van der Waals surface area contributed by atoms with E-state index in [-0.39, 0.29) is 18.3 Å². The van der Waals surface area contributed by atoms with Crippen LogP contribution in [0.2, 0.25) is 0 Å². The van der Waals surface area contributed by atoms with Gasteiger partial charge >= 0.3 is 0 Å². The second kappa shape index (κ2) is 6.03. The Kier molecular flexibility index (Phi) is 4.23. The van der Waals surface area contributed by atoms with E-state index in [1.54, 1.807) is 26.0 Å². The molecular weight excluding hydrogens is 333 g/mol. The van der Waals surface area contributed by atoms with Crippen LogP contribution in [-0.4, -0.2) is 17.6 Å². The number of aryl methyl sites for hydroxylation is 1. The summed E-state index contributed by atoms with van der Waals surface area (Å²) in [7, 11) is 0. The second-order valence-corrected chi connectivity index (χ2v) is 7.60. The molecule has 0 saturated heterocycles. The van der Waals surface area contributed by atoms with Gasteiger partial charge in [-0.25, -0.2) is 4.39 Å². The summed E-state index contributed by atoms with van der Waals surface area (Å²) in [6.07, 6.45) is 0. The zero-order valence-corrected chi connectivity index (χ0v) is 14.4. The number of fused-ring (bicyclic) bond motifs is 1. The summed E-state index contributed by atoms with van der Waals surface area (Å²) in [4.78, 5) is 13.7. The molecule has 23 heavy (non-hydrogen) atoms. The predicted molar refractivity (Wildman–Crippen MR) is 92.7 cm³/mol. The van der Waals surface area contributed by atoms with Crippen LogP contribution in [0.25, 0.3) is 10.1 Å². The number of benzene rings is 1. The molecule has 1 unspecified atom stereocenters. The highest BCUT2D eigenvalue weighted by Gasteiger charge is 2.26. The summed E-state index contributed by atoms with van der Waals surface area (Å²) >= 11 is 2.70. The maximum Gasteiger partial charge on any atom is 0.261 e. The molecule has 0 saturated carbocycles. The van der Waals surface area contributed by atoms with E-state index in [9.17, 15) is 14.3 Å². The molecule has 1 amide bonds. The van der Waals surface area contributed by atoms with Crippen molar-refractivity contribution in [3.8, 4) is 0 Å². The van der Waals surface area contributed by atoms with Gasteiger partial charge in [-0.05, 0) is 43.0 Å². The molecule has 0 aliphatic rings. The summed E-state index contributed by atoms with van der Waals surface area (Å²) in [5, 5.41) is 15.6. The van der Waals surface area contributed by atoms with Crippen LogP contribution in [-0.2, 0) is 5.60 Å². The lowest BCUT2D eigenvalue weighted by molar-refractivity contribution is 0.0558. The third-order valence-electron chi connectivity index (χ3n) is 3.75. The van der Waals surface area contributed by atoms with Crippen molar-refractivity contribution in [2.24, 2.45) is 0 Å². The van der Waals surface area contributed by atoms with Gasteiger partial charge in [0.25, 0.3) is 5.91 Å². The molecule has 1 aromatic carbocycles. The number of nitrogens with one attached hydrogen (secondary N) is 1. The van der Waals surface area contributed by atoms with Crippen molar-refractivity contribution in [1.29, 1.82) is 0 Å². The molecule has 2 N–H and O–H groups in total. The van der Waals surface area contributed by atoms with Crippen LogP contribution in [0.4, 0.5) is 4.39 Å². The second-order valence-electron chi connectivity index (χ2n) is 5.60. The van der Waals surface area contributed by atoms with Gasteiger partial charge in [0, 0.05) is 15.0 Å². The van der Waals surface area contributed by atoms with Crippen LogP contribution in [0, 0.1) is 12.7 Å². The number of amides is 1. The van der Waals surface area contributed by atoms with Crippen LogP contribution in [0.1, 0.15) is 27.0 Å². The summed E-state index contributed by atoms with van der Waals surface area (Å²) in [5.74, 6) is -0.610. The topological polar surface area (TPSA) is 49.3 Å². The normalized spacial score (nSPS) is 13.9. The summed E-state index contributed by atoms with van der Waals surface area (Å²) in [6.45, 7) is 3.51. The average Bonchev–Trinajstić information content (AvgIpc) is 3.14. The van der Waals surface area contributed by atoms with Crippen LogP contribution in [0.15, 0.2) is 35.7 Å². The van der Waals surface area contributed by atoms with Crippen LogP contribution in [0.5, 0.6) is 0 Å². The summed E-state index contributed by atoms with van der Waals surface area (Å²) in [5.41, 5.74) is -0.490. The van der Waals surface area contributed by atoms with Gasteiger partial charge in [0.15, 0.2) is 0 Å². The fraction of sp³-hybridized carbons (Fsp3) is 0.235. The molecule has 0 bridgehead atoms. The van der Waals surface area contributed by atoms with Gasteiger partial charge in [0.2, 0.25) is 0 Å². The van der Waals surface area contributed by atoms with Gasteiger partial charge in [0.1, 0.15) is 11.4 Å². The summed E-state index contributed by atoms with van der Waals surface area (Å²) in [6, 6.07) is 8.52. The van der Waals surface area contributed by atoms with Gasteiger partial charge in [0.05, 0.1) is 11.4 Å². The molecule has 3 rings (SSSR count). The van der Waals surface area contributed by atoms with Crippen molar-refractivity contribution in [2.75, 3.05) is 6.54 Å². The number of hydrogen-bond donors (Lipinski definition) is 2. The van der Waals surface area contributed by atoms with Gasteiger partial charge in [-0.1, -0.05) is 12.1 Å². The number of rotatable bonds is 4. The fourth-order valence-electron chi connectivity index (χ4n) is 2.47. The number of hydrogen-bond acceptors (Lipinski definition) is 4. The molecule has 120 valence electrons. The van der Waals surface area contributed by atoms with Gasteiger partial charge in [-0.15, -0.1) is 22.7 Å².